The van der Waals surface area contributed by atoms with Gasteiger partial charge >= 0.3 is 0 Å². The van der Waals surface area contributed by atoms with Crippen LogP contribution in [0.5, 0.6) is 0 Å². The van der Waals surface area contributed by atoms with Crippen LogP contribution in [-0.4, -0.2) is 38.3 Å². The Morgan fingerprint density at radius 3 is 2.82 bits per heavy atom. The molecular formula is C27H24ClN5O. The number of carbonyl (C=O) groups excluding carboxylic acids is 1. The molecule has 5 rings (SSSR count). The van der Waals surface area contributed by atoms with Crippen molar-refractivity contribution < 1.29 is 4.79 Å². The molecule has 0 spiro atoms. The Kier molecular flexibility index (Phi) is 6.31. The van der Waals surface area contributed by atoms with Gasteiger partial charge in [-0.25, -0.2) is 9.97 Å². The number of nitrogens with one attached hydrogen (secondary N) is 1. The number of amides is 1. The SMILES string of the molecule is CC#CCN1CCCC1c1cc(-c2ccc(C(=O)Nc3cc(Cl)ccn3)cc2)n2cnccc12. The molecule has 1 amide bonds. The normalized spacial score (nSPS) is 15.8. The highest BCUT2D eigenvalue weighted by molar-refractivity contribution is 6.30. The van der Waals surface area contributed by atoms with Crippen molar-refractivity contribution in [2.24, 2.45) is 0 Å². The van der Waals surface area contributed by atoms with Gasteiger partial charge in [-0.05, 0) is 73.8 Å². The third-order valence-corrected chi connectivity index (χ3v) is 6.43. The molecule has 6 nitrogen and oxygen atoms in total. The minimum atomic E-state index is -0.234. The van der Waals surface area contributed by atoms with Gasteiger partial charge in [-0.1, -0.05) is 29.7 Å². The fraction of sp³-hybridized carbons (Fsp3) is 0.222. The molecule has 4 heterocycles. The van der Waals surface area contributed by atoms with Crippen molar-refractivity contribution in [3.05, 3.63) is 83.4 Å². The van der Waals surface area contributed by atoms with Gasteiger partial charge in [-0.3, -0.25) is 9.69 Å². The van der Waals surface area contributed by atoms with Crippen LogP contribution < -0.4 is 5.32 Å². The predicted octanol–water partition coefficient (Wildman–Crippen LogP) is 5.46. The van der Waals surface area contributed by atoms with Gasteiger partial charge in [0.25, 0.3) is 5.91 Å². The summed E-state index contributed by atoms with van der Waals surface area (Å²) in [6, 6.07) is 15.5. The Morgan fingerprint density at radius 2 is 2.03 bits per heavy atom. The Balaban J connectivity index is 1.44. The lowest BCUT2D eigenvalue weighted by atomic mass is 10.0. The topological polar surface area (TPSA) is 62.5 Å². The lowest BCUT2D eigenvalue weighted by Gasteiger charge is -2.21. The maximum absolute atomic E-state index is 12.7. The first-order valence-electron chi connectivity index (χ1n) is 11.3. The molecule has 1 aliphatic heterocycles. The summed E-state index contributed by atoms with van der Waals surface area (Å²) in [6.07, 6.45) is 7.53. The first-order chi connectivity index (χ1) is 16.6. The number of halogens is 1. The van der Waals surface area contributed by atoms with E-state index < -0.39 is 0 Å². The predicted molar refractivity (Wildman–Crippen MR) is 135 cm³/mol. The molecule has 0 saturated carbocycles. The molecule has 1 aromatic carbocycles. The van der Waals surface area contributed by atoms with Gasteiger partial charge in [0, 0.05) is 29.0 Å². The average molecular weight is 470 g/mol. The van der Waals surface area contributed by atoms with Crippen LogP contribution in [0.3, 0.4) is 0 Å². The second-order valence-electron chi connectivity index (χ2n) is 8.27. The summed E-state index contributed by atoms with van der Waals surface area (Å²) in [4.78, 5) is 23.6. The van der Waals surface area contributed by atoms with Crippen LogP contribution in [0.2, 0.25) is 5.02 Å². The second-order valence-corrected chi connectivity index (χ2v) is 8.70. The van der Waals surface area contributed by atoms with Crippen LogP contribution in [0.4, 0.5) is 5.82 Å². The van der Waals surface area contributed by atoms with Crippen LogP contribution in [0, 0.1) is 11.8 Å². The molecule has 1 saturated heterocycles. The van der Waals surface area contributed by atoms with Gasteiger partial charge in [0.05, 0.1) is 24.1 Å². The van der Waals surface area contributed by atoms with Gasteiger partial charge in [-0.15, -0.1) is 5.92 Å². The molecule has 1 aliphatic rings. The molecule has 170 valence electrons. The summed E-state index contributed by atoms with van der Waals surface area (Å²) in [6.45, 7) is 3.73. The van der Waals surface area contributed by atoms with E-state index in [0.29, 0.717) is 22.4 Å². The lowest BCUT2D eigenvalue weighted by Crippen LogP contribution is -2.23. The van der Waals surface area contributed by atoms with E-state index in [1.807, 2.05) is 43.7 Å². The van der Waals surface area contributed by atoms with Gasteiger partial charge in [0.2, 0.25) is 0 Å². The maximum Gasteiger partial charge on any atom is 0.256 e. The number of aromatic nitrogens is 3. The van der Waals surface area contributed by atoms with Crippen LogP contribution >= 0.6 is 11.6 Å². The Bertz CT molecular complexity index is 1400. The first kappa shape index (κ1) is 22.1. The van der Waals surface area contributed by atoms with Gasteiger partial charge in [0.1, 0.15) is 5.82 Å². The highest BCUT2D eigenvalue weighted by Gasteiger charge is 2.28. The minimum Gasteiger partial charge on any atom is -0.307 e. The zero-order chi connectivity index (χ0) is 23.5. The van der Waals surface area contributed by atoms with Crippen molar-refractivity contribution >= 4 is 28.8 Å². The minimum absolute atomic E-state index is 0.234. The third-order valence-electron chi connectivity index (χ3n) is 6.20. The largest absolute Gasteiger partial charge is 0.307 e. The molecule has 1 atom stereocenters. The summed E-state index contributed by atoms with van der Waals surface area (Å²) >= 11 is 5.99. The van der Waals surface area contributed by atoms with Crippen molar-refractivity contribution in [3.8, 4) is 23.1 Å². The Labute approximate surface area is 203 Å². The fourth-order valence-corrected chi connectivity index (χ4v) is 4.73. The summed E-state index contributed by atoms with van der Waals surface area (Å²) < 4.78 is 2.13. The van der Waals surface area contributed by atoms with E-state index in [-0.39, 0.29) is 5.91 Å². The Hall–Kier alpha value is -3.66. The molecule has 34 heavy (non-hydrogen) atoms. The van der Waals surface area contributed by atoms with Crippen LogP contribution in [-0.2, 0) is 0 Å². The first-order valence-corrected chi connectivity index (χ1v) is 11.6. The quantitative estimate of drug-likeness (QED) is 0.394. The average Bonchev–Trinajstić information content (AvgIpc) is 3.47. The van der Waals surface area contributed by atoms with Crippen LogP contribution in [0.1, 0.15) is 41.7 Å². The summed E-state index contributed by atoms with van der Waals surface area (Å²) in [5.41, 5.74) is 5.06. The number of benzene rings is 1. The van der Waals surface area contributed by atoms with Crippen molar-refractivity contribution in [2.75, 3.05) is 18.4 Å². The van der Waals surface area contributed by atoms with E-state index in [0.717, 1.165) is 36.3 Å². The van der Waals surface area contributed by atoms with E-state index in [2.05, 4.69) is 48.6 Å². The number of likely N-dealkylation sites (tertiary alicyclic amines) is 1. The lowest BCUT2D eigenvalue weighted by molar-refractivity contribution is 0.102. The number of hydrogen-bond donors (Lipinski definition) is 1. The molecule has 4 aromatic rings. The van der Waals surface area contributed by atoms with E-state index in [1.54, 1.807) is 18.3 Å². The van der Waals surface area contributed by atoms with E-state index >= 15 is 0 Å². The molecule has 7 heteroatoms. The van der Waals surface area contributed by atoms with E-state index in [1.165, 1.54) is 12.0 Å². The molecule has 1 unspecified atom stereocenters. The highest BCUT2D eigenvalue weighted by atomic mass is 35.5. The van der Waals surface area contributed by atoms with E-state index in [9.17, 15) is 4.79 Å². The van der Waals surface area contributed by atoms with Gasteiger partial charge < -0.3 is 9.72 Å². The number of nitrogens with zero attached hydrogens (tertiary/aromatic N) is 4. The highest BCUT2D eigenvalue weighted by Crippen LogP contribution is 2.37. The molecule has 3 aromatic heterocycles. The zero-order valence-corrected chi connectivity index (χ0v) is 19.6. The Morgan fingerprint density at radius 1 is 1.18 bits per heavy atom. The number of rotatable bonds is 5. The smallest absolute Gasteiger partial charge is 0.256 e. The molecule has 0 radical (unpaired) electrons. The van der Waals surface area contributed by atoms with Crippen molar-refractivity contribution in [1.29, 1.82) is 0 Å². The molecular weight excluding hydrogens is 446 g/mol. The summed E-state index contributed by atoms with van der Waals surface area (Å²) in [5, 5.41) is 3.31. The number of anilines is 1. The molecule has 1 fully saturated rings. The summed E-state index contributed by atoms with van der Waals surface area (Å²) in [5.74, 6) is 6.42. The number of hydrogen-bond acceptors (Lipinski definition) is 4. The van der Waals surface area contributed by atoms with E-state index in [4.69, 9.17) is 11.6 Å². The molecule has 1 N–H and O–H groups in total. The van der Waals surface area contributed by atoms with Gasteiger partial charge in [-0.2, -0.15) is 0 Å². The van der Waals surface area contributed by atoms with Gasteiger partial charge in [0.15, 0.2) is 0 Å². The second kappa shape index (κ2) is 9.68. The standard InChI is InChI=1S/C27H24ClN5O/c1-2-3-14-32-15-4-5-23(32)22-17-25(33-18-29-12-11-24(22)33)19-6-8-20(9-7-19)27(34)31-26-16-21(28)10-13-30-26/h6-13,16-18,23H,4-5,14-15H2,1H3,(H,30,31,34). The number of carbonyl (C=O) groups is 1. The monoisotopic (exact) mass is 469 g/mol. The van der Waals surface area contributed by atoms with Crippen LogP contribution in [0.15, 0.2) is 67.3 Å². The molecule has 0 bridgehead atoms. The molecule has 0 aliphatic carbocycles. The maximum atomic E-state index is 12.7. The van der Waals surface area contributed by atoms with Crippen molar-refractivity contribution in [3.63, 3.8) is 0 Å². The summed E-state index contributed by atoms with van der Waals surface area (Å²) in [7, 11) is 0. The van der Waals surface area contributed by atoms with Crippen LogP contribution in [0.25, 0.3) is 16.8 Å². The van der Waals surface area contributed by atoms with Crippen molar-refractivity contribution in [1.82, 2.24) is 19.3 Å². The zero-order valence-electron chi connectivity index (χ0n) is 18.8. The number of pyridine rings is 1. The third kappa shape index (κ3) is 4.41. The fourth-order valence-electron chi connectivity index (χ4n) is 4.57. The van der Waals surface area contributed by atoms with Crippen molar-refractivity contribution in [2.45, 2.75) is 25.8 Å². The number of fused-ring (bicyclic) bond motifs is 1.